The van der Waals surface area contributed by atoms with Crippen molar-refractivity contribution in [2.24, 2.45) is 4.99 Å². The van der Waals surface area contributed by atoms with Crippen LogP contribution in [0.4, 0.5) is 5.69 Å². The van der Waals surface area contributed by atoms with Gasteiger partial charge in [-0.15, -0.1) is 0 Å². The summed E-state index contributed by atoms with van der Waals surface area (Å²) in [5.41, 5.74) is 5.68. The van der Waals surface area contributed by atoms with Gasteiger partial charge in [0.05, 0.1) is 36.6 Å². The molecule has 1 saturated heterocycles. The molecule has 5 rings (SSSR count). The maximum atomic E-state index is 13.2. The van der Waals surface area contributed by atoms with E-state index in [1.807, 2.05) is 49.4 Å². The van der Waals surface area contributed by atoms with Crippen molar-refractivity contribution >= 4 is 21.4 Å². The van der Waals surface area contributed by atoms with Crippen molar-refractivity contribution in [1.29, 1.82) is 0 Å². The van der Waals surface area contributed by atoms with E-state index < -0.39 is 10.0 Å². The molecule has 0 aromatic heterocycles. The average molecular weight is 520 g/mol. The predicted molar refractivity (Wildman–Crippen MR) is 147 cm³/mol. The third kappa shape index (κ3) is 4.60. The Kier molecular flexibility index (Phi) is 6.72. The summed E-state index contributed by atoms with van der Waals surface area (Å²) in [5, 5.41) is 0. The van der Waals surface area contributed by atoms with E-state index in [0.717, 1.165) is 41.9 Å². The van der Waals surface area contributed by atoms with E-state index in [9.17, 15) is 8.42 Å². The van der Waals surface area contributed by atoms with Crippen molar-refractivity contribution in [3.05, 3.63) is 82.9 Å². The third-order valence-corrected chi connectivity index (χ3v) is 9.27. The molecule has 2 atom stereocenters. The van der Waals surface area contributed by atoms with Crippen LogP contribution < -0.4 is 13.8 Å². The fourth-order valence-electron chi connectivity index (χ4n) is 5.27. The molecule has 0 radical (unpaired) electrons. The fourth-order valence-corrected chi connectivity index (χ4v) is 6.47. The van der Waals surface area contributed by atoms with Gasteiger partial charge in [-0.05, 0) is 68.9 Å². The number of sulfonamides is 1. The Morgan fingerprint density at radius 1 is 0.973 bits per heavy atom. The summed E-state index contributed by atoms with van der Waals surface area (Å²) in [4.78, 5) is 7.84. The van der Waals surface area contributed by atoms with Crippen molar-refractivity contribution in [1.82, 2.24) is 4.90 Å². The molecule has 8 heteroatoms. The van der Waals surface area contributed by atoms with Crippen LogP contribution in [-0.2, 0) is 10.0 Å². The molecule has 37 heavy (non-hydrogen) atoms. The van der Waals surface area contributed by atoms with Gasteiger partial charge in [-0.2, -0.15) is 0 Å². The number of ether oxygens (including phenoxy) is 2. The lowest BCUT2D eigenvalue weighted by molar-refractivity contribution is 0.227. The van der Waals surface area contributed by atoms with Gasteiger partial charge in [-0.25, -0.2) is 8.42 Å². The van der Waals surface area contributed by atoms with Crippen LogP contribution in [0.5, 0.6) is 11.5 Å². The van der Waals surface area contributed by atoms with E-state index >= 15 is 0 Å². The number of methoxy groups -OCH3 is 2. The predicted octanol–water partition coefficient (Wildman–Crippen LogP) is 4.48. The van der Waals surface area contributed by atoms with E-state index in [2.05, 4.69) is 18.0 Å². The second-order valence-electron chi connectivity index (χ2n) is 9.83. The molecular weight excluding hydrogens is 486 g/mol. The quantitative estimate of drug-likeness (QED) is 0.480. The molecule has 2 heterocycles. The SMILES string of the molecule is COc1cc2c(cc1OC)C1CN(C)CCC1N=C2c1ccc(N(C)S(=O)(=O)c2ccc(C)cc2)cc1. The monoisotopic (exact) mass is 519 g/mol. The number of anilines is 1. The zero-order chi connectivity index (χ0) is 26.3. The number of rotatable bonds is 6. The van der Waals surface area contributed by atoms with E-state index in [0.29, 0.717) is 17.2 Å². The molecule has 2 unspecified atom stereocenters. The van der Waals surface area contributed by atoms with E-state index in [1.165, 1.54) is 9.87 Å². The highest BCUT2D eigenvalue weighted by atomic mass is 32.2. The zero-order valence-electron chi connectivity index (χ0n) is 21.9. The molecule has 0 spiro atoms. The van der Waals surface area contributed by atoms with E-state index in [-0.39, 0.29) is 16.9 Å². The standard InChI is InChI=1S/C29H33N3O4S/c1-19-6-12-22(13-7-19)37(33,34)32(3)21-10-8-20(9-11-21)29-24-17-28(36-5)27(35-4)16-23(24)25-18-31(2)15-14-26(25)30-29/h6-13,16-17,25-26H,14-15,18H2,1-5H3. The number of hydrogen-bond donors (Lipinski definition) is 0. The largest absolute Gasteiger partial charge is 0.493 e. The number of aryl methyl sites for hydroxylation is 1. The van der Waals surface area contributed by atoms with Crippen molar-refractivity contribution in [3.8, 4) is 11.5 Å². The highest BCUT2D eigenvalue weighted by Crippen LogP contribution is 2.42. The molecule has 3 aromatic rings. The summed E-state index contributed by atoms with van der Waals surface area (Å²) in [5.74, 6) is 1.66. The van der Waals surface area contributed by atoms with E-state index in [1.54, 1.807) is 33.4 Å². The first-order valence-corrected chi connectivity index (χ1v) is 13.9. The minimum Gasteiger partial charge on any atom is -0.493 e. The zero-order valence-corrected chi connectivity index (χ0v) is 22.7. The number of nitrogens with zero attached hydrogens (tertiary/aromatic N) is 3. The van der Waals surface area contributed by atoms with Crippen molar-refractivity contribution < 1.29 is 17.9 Å². The summed E-state index contributed by atoms with van der Waals surface area (Å²) in [6.45, 7) is 3.87. The van der Waals surface area contributed by atoms with Crippen LogP contribution in [0.1, 0.15) is 34.6 Å². The Morgan fingerprint density at radius 3 is 2.27 bits per heavy atom. The van der Waals surface area contributed by atoms with Crippen LogP contribution in [0.15, 0.2) is 70.6 Å². The topological polar surface area (TPSA) is 71.4 Å². The number of likely N-dealkylation sites (tertiary alicyclic amines) is 1. The molecule has 0 saturated carbocycles. The molecule has 0 bridgehead atoms. The number of hydrogen-bond acceptors (Lipinski definition) is 6. The summed E-state index contributed by atoms with van der Waals surface area (Å²) in [7, 11) is 3.36. The molecule has 194 valence electrons. The van der Waals surface area contributed by atoms with Crippen LogP contribution in [0.25, 0.3) is 0 Å². The Bertz CT molecular complexity index is 1430. The minimum atomic E-state index is -3.66. The lowest BCUT2D eigenvalue weighted by Gasteiger charge is -2.39. The second-order valence-corrected chi connectivity index (χ2v) is 11.8. The number of aliphatic imine (C=N–C) groups is 1. The molecule has 0 amide bonds. The van der Waals surface area contributed by atoms with Crippen molar-refractivity contribution in [3.63, 3.8) is 0 Å². The number of fused-ring (bicyclic) bond motifs is 3. The number of piperidine rings is 1. The Balaban J connectivity index is 1.52. The van der Waals surface area contributed by atoms with Crippen molar-refractivity contribution in [2.75, 3.05) is 45.7 Å². The highest BCUT2D eigenvalue weighted by molar-refractivity contribution is 7.92. The second kappa shape index (κ2) is 9.84. The minimum absolute atomic E-state index is 0.182. The van der Waals surface area contributed by atoms with Gasteiger partial charge in [-0.1, -0.05) is 29.8 Å². The molecule has 7 nitrogen and oxygen atoms in total. The first-order valence-electron chi connectivity index (χ1n) is 12.4. The molecule has 3 aromatic carbocycles. The summed E-state index contributed by atoms with van der Waals surface area (Å²) >= 11 is 0. The van der Waals surface area contributed by atoms with Crippen LogP contribution in [0.3, 0.4) is 0 Å². The number of likely N-dealkylation sites (N-methyl/N-ethyl adjacent to an activating group) is 1. The van der Waals surface area contributed by atoms with Crippen molar-refractivity contribution in [2.45, 2.75) is 30.2 Å². The van der Waals surface area contributed by atoms with Gasteiger partial charge in [0.25, 0.3) is 10.0 Å². The third-order valence-electron chi connectivity index (χ3n) is 7.47. The summed E-state index contributed by atoms with van der Waals surface area (Å²) in [6, 6.07) is 18.8. The van der Waals surface area contributed by atoms with Crippen LogP contribution in [0.2, 0.25) is 0 Å². The van der Waals surface area contributed by atoms with Crippen LogP contribution >= 0.6 is 0 Å². The smallest absolute Gasteiger partial charge is 0.264 e. The van der Waals surface area contributed by atoms with Gasteiger partial charge in [0.2, 0.25) is 0 Å². The van der Waals surface area contributed by atoms with Crippen LogP contribution in [-0.4, -0.2) is 66.5 Å². The normalized spacial score (nSPS) is 19.4. The molecule has 0 N–H and O–H groups in total. The van der Waals surface area contributed by atoms with Gasteiger partial charge >= 0.3 is 0 Å². The van der Waals surface area contributed by atoms with Gasteiger partial charge < -0.3 is 14.4 Å². The molecule has 2 aliphatic heterocycles. The lowest BCUT2D eigenvalue weighted by atomic mass is 9.79. The van der Waals surface area contributed by atoms with Gasteiger partial charge in [0.15, 0.2) is 11.5 Å². The first-order chi connectivity index (χ1) is 17.7. The maximum Gasteiger partial charge on any atom is 0.264 e. The van der Waals surface area contributed by atoms with Gasteiger partial charge in [0, 0.05) is 30.6 Å². The lowest BCUT2D eigenvalue weighted by Crippen LogP contribution is -2.41. The van der Waals surface area contributed by atoms with E-state index in [4.69, 9.17) is 14.5 Å². The molecular formula is C29H33N3O4S. The Morgan fingerprint density at radius 2 is 1.62 bits per heavy atom. The molecule has 1 fully saturated rings. The summed E-state index contributed by atoms with van der Waals surface area (Å²) < 4.78 is 38.9. The first kappa shape index (κ1) is 25.3. The molecule has 0 aliphatic carbocycles. The Labute approximate surface area is 219 Å². The average Bonchev–Trinajstić information content (AvgIpc) is 2.91. The van der Waals surface area contributed by atoms with Gasteiger partial charge in [0.1, 0.15) is 0 Å². The molecule has 2 aliphatic rings. The maximum absolute atomic E-state index is 13.2. The van der Waals surface area contributed by atoms with Gasteiger partial charge in [-0.3, -0.25) is 9.30 Å². The fraction of sp³-hybridized carbons (Fsp3) is 0.345. The van der Waals surface area contributed by atoms with Crippen LogP contribution in [0, 0.1) is 6.92 Å². The Hall–Kier alpha value is -3.36. The summed E-state index contributed by atoms with van der Waals surface area (Å²) in [6.07, 6.45) is 0.980. The highest BCUT2D eigenvalue weighted by Gasteiger charge is 2.36. The number of benzene rings is 3.